The van der Waals surface area contributed by atoms with Crippen LogP contribution in [0.1, 0.15) is 67.6 Å². The van der Waals surface area contributed by atoms with E-state index >= 15 is 0 Å². The van der Waals surface area contributed by atoms with E-state index in [0.29, 0.717) is 21.9 Å². The van der Waals surface area contributed by atoms with E-state index in [1.165, 1.54) is 6.07 Å². The molecule has 3 rings (SSSR count). The zero-order valence-electron chi connectivity index (χ0n) is 21.6. The number of hydrogen-bond acceptors (Lipinski definition) is 5. The summed E-state index contributed by atoms with van der Waals surface area (Å²) < 4.78 is 7.61. The van der Waals surface area contributed by atoms with Crippen LogP contribution in [0.5, 0.6) is 5.75 Å². The first-order valence-corrected chi connectivity index (χ1v) is 12.3. The van der Waals surface area contributed by atoms with E-state index in [4.69, 9.17) is 21.3 Å². The van der Waals surface area contributed by atoms with Gasteiger partial charge in [-0.2, -0.15) is 0 Å². The van der Waals surface area contributed by atoms with Crippen LogP contribution in [0.4, 0.5) is 0 Å². The first-order chi connectivity index (χ1) is 16.9. The molecule has 0 spiro atoms. The molecule has 1 aromatic heterocycles. The lowest BCUT2D eigenvalue weighted by Gasteiger charge is -2.18. The topological polar surface area (TPSA) is 93.5 Å². The number of hydrogen-bond donors (Lipinski definition) is 2. The van der Waals surface area contributed by atoms with Gasteiger partial charge in [0.2, 0.25) is 0 Å². The molecule has 3 aromatic rings. The van der Waals surface area contributed by atoms with Crippen molar-refractivity contribution in [3.05, 3.63) is 70.6 Å². The van der Waals surface area contributed by atoms with Crippen molar-refractivity contribution in [3.8, 4) is 17.0 Å². The van der Waals surface area contributed by atoms with Gasteiger partial charge >= 0.3 is 0 Å². The quantitative estimate of drug-likeness (QED) is 0.386. The van der Waals surface area contributed by atoms with Gasteiger partial charge in [0.15, 0.2) is 5.78 Å². The van der Waals surface area contributed by atoms with Crippen molar-refractivity contribution in [3.63, 3.8) is 0 Å². The normalized spacial score (nSPS) is 12.5. The van der Waals surface area contributed by atoms with Crippen LogP contribution in [0, 0.1) is 0 Å². The Balaban J connectivity index is 1.76. The Morgan fingerprint density at radius 3 is 2.28 bits per heavy atom. The minimum Gasteiger partial charge on any atom is -0.489 e. The third-order valence-corrected chi connectivity index (χ3v) is 5.90. The fourth-order valence-electron chi connectivity index (χ4n) is 3.94. The molecule has 0 saturated heterocycles. The highest BCUT2D eigenvalue weighted by Gasteiger charge is 2.24. The number of carbonyl (C=O) groups excluding carboxylic acids is 2. The highest BCUT2D eigenvalue weighted by molar-refractivity contribution is 6.32. The summed E-state index contributed by atoms with van der Waals surface area (Å²) in [5.41, 5.74) is 2.35. The Bertz CT molecular complexity index is 1230. The van der Waals surface area contributed by atoms with Gasteiger partial charge in [0, 0.05) is 42.0 Å². The molecule has 0 bridgehead atoms. The van der Waals surface area contributed by atoms with Crippen LogP contribution in [0.15, 0.2) is 48.7 Å². The Morgan fingerprint density at radius 1 is 1.11 bits per heavy atom. The van der Waals surface area contributed by atoms with Crippen molar-refractivity contribution in [2.75, 3.05) is 6.61 Å². The van der Waals surface area contributed by atoms with E-state index in [2.05, 4.69) is 26.1 Å². The average Bonchev–Trinajstić information content (AvgIpc) is 3.21. The summed E-state index contributed by atoms with van der Waals surface area (Å²) in [5.74, 6) is 0.701. The van der Waals surface area contributed by atoms with Crippen molar-refractivity contribution >= 4 is 23.3 Å². The Hall–Kier alpha value is -3.16. The maximum absolute atomic E-state index is 13.2. The van der Waals surface area contributed by atoms with Crippen molar-refractivity contribution in [1.82, 2.24) is 14.9 Å². The monoisotopic (exact) mass is 511 g/mol. The minimum absolute atomic E-state index is 0.0571. The molecular weight excluding hydrogens is 478 g/mol. The number of ether oxygens (including phenoxy) is 1. The molecule has 1 atom stereocenters. The van der Waals surface area contributed by atoms with Gasteiger partial charge < -0.3 is 19.7 Å². The molecule has 0 aliphatic rings. The first-order valence-electron chi connectivity index (χ1n) is 12.0. The van der Waals surface area contributed by atoms with Gasteiger partial charge in [-0.05, 0) is 38.5 Å². The van der Waals surface area contributed by atoms with Crippen molar-refractivity contribution in [1.29, 1.82) is 0 Å². The third kappa shape index (κ3) is 6.53. The number of aliphatic hydroxyl groups excluding tert-OH is 1. The summed E-state index contributed by atoms with van der Waals surface area (Å²) >= 11 is 6.26. The van der Waals surface area contributed by atoms with Gasteiger partial charge in [0.1, 0.15) is 11.6 Å². The molecule has 1 amide bonds. The molecule has 0 radical (unpaired) electrons. The molecule has 1 heterocycles. The number of aliphatic hydroxyl groups is 1. The summed E-state index contributed by atoms with van der Waals surface area (Å²) in [6, 6.07) is 10.9. The number of benzene rings is 2. The Morgan fingerprint density at radius 2 is 1.75 bits per heavy atom. The van der Waals surface area contributed by atoms with Gasteiger partial charge in [-0.25, -0.2) is 4.98 Å². The van der Waals surface area contributed by atoms with Crippen LogP contribution in [-0.2, 0) is 12.5 Å². The third-order valence-electron chi connectivity index (χ3n) is 5.61. The van der Waals surface area contributed by atoms with E-state index in [1.54, 1.807) is 24.3 Å². The highest BCUT2D eigenvalue weighted by Crippen LogP contribution is 2.27. The van der Waals surface area contributed by atoms with Gasteiger partial charge in [0.25, 0.3) is 5.91 Å². The summed E-state index contributed by atoms with van der Waals surface area (Å²) in [7, 11) is 1.97. The lowest BCUT2D eigenvalue weighted by molar-refractivity contribution is 0.0840. The maximum Gasteiger partial charge on any atom is 0.251 e. The van der Waals surface area contributed by atoms with E-state index in [0.717, 1.165) is 17.1 Å². The minimum atomic E-state index is -0.888. The molecule has 2 N–H and O–H groups in total. The number of aryl methyl sites for hydroxylation is 1. The van der Waals surface area contributed by atoms with Gasteiger partial charge in [-0.3, -0.25) is 9.59 Å². The number of amides is 1. The lowest BCUT2D eigenvalue weighted by Crippen LogP contribution is -2.41. The van der Waals surface area contributed by atoms with Crippen molar-refractivity contribution < 1.29 is 19.4 Å². The van der Waals surface area contributed by atoms with E-state index in [1.807, 2.05) is 43.8 Å². The molecule has 192 valence electrons. The second-order valence-corrected chi connectivity index (χ2v) is 10.5. The van der Waals surface area contributed by atoms with Gasteiger partial charge in [0.05, 0.1) is 22.9 Å². The molecule has 2 aromatic carbocycles. The molecule has 36 heavy (non-hydrogen) atoms. The molecule has 0 unspecified atom stereocenters. The second kappa shape index (κ2) is 11.3. The SMILES string of the molecule is CC(C)Oc1ccc(C(=O)N[C@@H](CCO)C(=O)c2ccc(-c3cn(C)c(C(C)(C)C)n3)cc2)cc1Cl. The zero-order chi connectivity index (χ0) is 26.6. The standard InChI is InChI=1S/C28H34ClN3O4/c1-17(2)36-24-12-11-20(15-21(24)29)26(35)30-22(13-14-33)25(34)19-9-7-18(8-10-19)23-16-32(6)27(31-23)28(3,4)5/h7-12,15-17,22,33H,13-14H2,1-6H3,(H,30,35)/t22-/m0/s1. The van der Waals surface area contributed by atoms with E-state index in [9.17, 15) is 14.7 Å². The molecule has 0 fully saturated rings. The number of carbonyl (C=O) groups is 2. The summed E-state index contributed by atoms with van der Waals surface area (Å²) in [6.07, 6.45) is 2.00. The number of imidazole rings is 1. The fourth-order valence-corrected chi connectivity index (χ4v) is 4.16. The molecular formula is C28H34ClN3O4. The predicted octanol–water partition coefficient (Wildman–Crippen LogP) is 5.19. The number of nitrogens with one attached hydrogen (secondary N) is 1. The van der Waals surface area contributed by atoms with Crippen molar-refractivity contribution in [2.45, 2.75) is 58.6 Å². The summed E-state index contributed by atoms with van der Waals surface area (Å²) in [6.45, 7) is 9.84. The van der Waals surface area contributed by atoms with E-state index in [-0.39, 0.29) is 30.3 Å². The largest absolute Gasteiger partial charge is 0.489 e. The average molecular weight is 512 g/mol. The predicted molar refractivity (Wildman–Crippen MR) is 142 cm³/mol. The van der Waals surface area contributed by atoms with Crippen LogP contribution in [0.3, 0.4) is 0 Å². The highest BCUT2D eigenvalue weighted by atomic mass is 35.5. The number of halogens is 1. The first kappa shape index (κ1) is 27.4. The zero-order valence-corrected chi connectivity index (χ0v) is 22.4. The molecule has 8 heteroatoms. The smallest absolute Gasteiger partial charge is 0.251 e. The van der Waals surface area contributed by atoms with Crippen LogP contribution >= 0.6 is 11.6 Å². The number of ketones is 1. The summed E-state index contributed by atoms with van der Waals surface area (Å²) in [4.78, 5) is 30.8. The molecule has 7 nitrogen and oxygen atoms in total. The van der Waals surface area contributed by atoms with Crippen LogP contribution < -0.4 is 10.1 Å². The van der Waals surface area contributed by atoms with Gasteiger partial charge in [-0.15, -0.1) is 0 Å². The number of rotatable bonds is 9. The van der Waals surface area contributed by atoms with E-state index < -0.39 is 11.9 Å². The van der Waals surface area contributed by atoms with Crippen LogP contribution in [-0.4, -0.2) is 45.1 Å². The van der Waals surface area contributed by atoms with Crippen LogP contribution in [0.25, 0.3) is 11.3 Å². The van der Waals surface area contributed by atoms with Crippen LogP contribution in [0.2, 0.25) is 5.02 Å². The maximum atomic E-state index is 13.2. The Labute approximate surface area is 217 Å². The molecule has 0 saturated carbocycles. The lowest BCUT2D eigenvalue weighted by atomic mass is 9.96. The van der Waals surface area contributed by atoms with Gasteiger partial charge in [-0.1, -0.05) is 56.6 Å². The number of aromatic nitrogens is 2. The fraction of sp³-hybridized carbons (Fsp3) is 0.393. The number of nitrogens with zero attached hydrogens (tertiary/aromatic N) is 2. The molecule has 0 aliphatic heterocycles. The molecule has 0 aliphatic carbocycles. The summed E-state index contributed by atoms with van der Waals surface area (Å²) in [5, 5.41) is 12.6. The number of Topliss-reactive ketones (excluding diaryl/α,β-unsaturated/α-hetero) is 1. The van der Waals surface area contributed by atoms with Crippen molar-refractivity contribution in [2.24, 2.45) is 7.05 Å². The Kier molecular flexibility index (Phi) is 8.59. The second-order valence-electron chi connectivity index (χ2n) is 10.1.